The molecule has 1 heterocycles. The fourth-order valence-corrected chi connectivity index (χ4v) is 4.51. The molecule has 0 aliphatic rings. The summed E-state index contributed by atoms with van der Waals surface area (Å²) in [6.07, 6.45) is 2.89. The highest BCUT2D eigenvalue weighted by molar-refractivity contribution is 7.93. The van der Waals surface area contributed by atoms with Crippen molar-refractivity contribution in [3.63, 3.8) is 0 Å². The summed E-state index contributed by atoms with van der Waals surface area (Å²) in [5.74, 6) is 0. The van der Waals surface area contributed by atoms with E-state index in [0.717, 1.165) is 6.07 Å². The lowest BCUT2D eigenvalue weighted by molar-refractivity contribution is 0.180. The minimum Gasteiger partial charge on any atom is -0.383 e. The third kappa shape index (κ3) is 5.23. The molecular weight excluding hydrogens is 366 g/mol. The first-order chi connectivity index (χ1) is 11.7. The Morgan fingerprint density at radius 2 is 1.64 bits per heavy atom. The number of ether oxygens (including phenoxy) is 1. The lowest BCUT2D eigenvalue weighted by Crippen LogP contribution is -2.35. The van der Waals surface area contributed by atoms with Crippen LogP contribution in [0, 0.1) is 0 Å². The zero-order valence-corrected chi connectivity index (χ0v) is 15.3. The normalized spacial score (nSPS) is 13.4. The van der Waals surface area contributed by atoms with Crippen molar-refractivity contribution in [1.82, 2.24) is 9.71 Å². The molecule has 2 rings (SSSR count). The Labute approximate surface area is 147 Å². The molecule has 0 aliphatic heterocycles. The molecule has 0 unspecified atom stereocenters. The molecule has 0 bridgehead atoms. The van der Waals surface area contributed by atoms with E-state index in [4.69, 9.17) is 4.74 Å². The molecule has 0 spiro atoms. The van der Waals surface area contributed by atoms with Gasteiger partial charge in [-0.15, -0.1) is 0 Å². The van der Waals surface area contributed by atoms with Crippen LogP contribution >= 0.6 is 0 Å². The Balaban J connectivity index is 2.29. The Kier molecular flexibility index (Phi) is 6.11. The number of nitrogens with zero attached hydrogens (tertiary/aromatic N) is 1. The molecular formula is C15H19N3O5S2. The standard InChI is InChI=1S/C15H19N3O5S2/c1-12(11-23-2)17-24(19,20)14-4-3-5-15(10-14)25(21,22)18-13-6-8-16-9-7-13/h3-10,12,17H,11H2,1-2H3,(H,16,18)/t12-/m1/s1. The maximum absolute atomic E-state index is 12.4. The molecule has 10 heteroatoms. The third-order valence-corrected chi connectivity index (χ3v) is 6.10. The first-order valence-electron chi connectivity index (χ1n) is 7.29. The summed E-state index contributed by atoms with van der Waals surface area (Å²) in [5.41, 5.74) is 0.329. The van der Waals surface area contributed by atoms with Crippen LogP contribution in [-0.4, -0.2) is 41.6 Å². The highest BCUT2D eigenvalue weighted by Crippen LogP contribution is 2.19. The average Bonchev–Trinajstić information content (AvgIpc) is 2.55. The molecule has 8 nitrogen and oxygen atoms in total. The van der Waals surface area contributed by atoms with Crippen LogP contribution in [0.3, 0.4) is 0 Å². The molecule has 0 radical (unpaired) electrons. The van der Waals surface area contributed by atoms with E-state index >= 15 is 0 Å². The molecule has 25 heavy (non-hydrogen) atoms. The number of sulfonamides is 2. The second kappa shape index (κ2) is 7.91. The van der Waals surface area contributed by atoms with Gasteiger partial charge in [0.1, 0.15) is 0 Å². The number of anilines is 1. The fourth-order valence-electron chi connectivity index (χ4n) is 2.06. The van der Waals surface area contributed by atoms with E-state index in [0.29, 0.717) is 5.69 Å². The van der Waals surface area contributed by atoms with Crippen molar-refractivity contribution in [1.29, 1.82) is 0 Å². The topological polar surface area (TPSA) is 114 Å². The van der Waals surface area contributed by atoms with E-state index in [-0.39, 0.29) is 16.4 Å². The Morgan fingerprint density at radius 3 is 2.24 bits per heavy atom. The fraction of sp³-hybridized carbons (Fsp3) is 0.267. The second-order valence-corrected chi connectivity index (χ2v) is 8.69. The number of benzene rings is 1. The van der Waals surface area contributed by atoms with Crippen molar-refractivity contribution in [2.75, 3.05) is 18.4 Å². The van der Waals surface area contributed by atoms with Crippen LogP contribution < -0.4 is 9.44 Å². The largest absolute Gasteiger partial charge is 0.383 e. The van der Waals surface area contributed by atoms with E-state index in [2.05, 4.69) is 14.4 Å². The molecule has 2 aromatic rings. The van der Waals surface area contributed by atoms with Gasteiger partial charge in [-0.3, -0.25) is 9.71 Å². The maximum atomic E-state index is 12.4. The number of methoxy groups -OCH3 is 1. The average molecular weight is 385 g/mol. The third-order valence-electron chi connectivity index (χ3n) is 3.13. The SMILES string of the molecule is COC[C@@H](C)NS(=O)(=O)c1cccc(S(=O)(=O)Nc2ccncc2)c1. The monoisotopic (exact) mass is 385 g/mol. The molecule has 0 saturated heterocycles. The maximum Gasteiger partial charge on any atom is 0.261 e. The van der Waals surface area contributed by atoms with Gasteiger partial charge >= 0.3 is 0 Å². The van der Waals surface area contributed by atoms with Crippen LogP contribution in [0.5, 0.6) is 0 Å². The van der Waals surface area contributed by atoms with Gasteiger partial charge in [0.05, 0.1) is 22.1 Å². The molecule has 1 aromatic heterocycles. The molecule has 1 atom stereocenters. The number of hydrogen-bond donors (Lipinski definition) is 2. The first-order valence-corrected chi connectivity index (χ1v) is 10.3. The van der Waals surface area contributed by atoms with E-state index in [1.807, 2.05) is 0 Å². The summed E-state index contributed by atoms with van der Waals surface area (Å²) >= 11 is 0. The highest BCUT2D eigenvalue weighted by atomic mass is 32.2. The zero-order valence-electron chi connectivity index (χ0n) is 13.7. The summed E-state index contributed by atoms with van der Waals surface area (Å²) in [6.45, 7) is 1.84. The Morgan fingerprint density at radius 1 is 1.04 bits per heavy atom. The number of rotatable bonds is 8. The van der Waals surface area contributed by atoms with Gasteiger partial charge in [0.25, 0.3) is 10.0 Å². The van der Waals surface area contributed by atoms with E-state index < -0.39 is 26.1 Å². The number of aromatic nitrogens is 1. The predicted molar refractivity (Wildman–Crippen MR) is 93.1 cm³/mol. The van der Waals surface area contributed by atoms with Gasteiger partial charge in [0.2, 0.25) is 10.0 Å². The van der Waals surface area contributed by atoms with Gasteiger partial charge in [0.15, 0.2) is 0 Å². The number of nitrogens with one attached hydrogen (secondary N) is 2. The molecule has 0 amide bonds. The van der Waals surface area contributed by atoms with Gasteiger partial charge in [-0.1, -0.05) is 6.07 Å². The first kappa shape index (κ1) is 19.3. The van der Waals surface area contributed by atoms with Crippen molar-refractivity contribution >= 4 is 25.7 Å². The van der Waals surface area contributed by atoms with Crippen molar-refractivity contribution in [3.05, 3.63) is 48.8 Å². The Hall–Kier alpha value is -2.01. The Bertz CT molecular complexity index is 915. The highest BCUT2D eigenvalue weighted by Gasteiger charge is 2.21. The zero-order chi connectivity index (χ0) is 18.5. The van der Waals surface area contributed by atoms with Crippen LogP contribution in [0.4, 0.5) is 5.69 Å². The molecule has 2 N–H and O–H groups in total. The van der Waals surface area contributed by atoms with Gasteiger partial charge in [-0.05, 0) is 37.3 Å². The lowest BCUT2D eigenvalue weighted by Gasteiger charge is -2.14. The van der Waals surface area contributed by atoms with Crippen LogP contribution in [0.1, 0.15) is 6.92 Å². The van der Waals surface area contributed by atoms with Gasteiger partial charge in [0, 0.05) is 25.5 Å². The van der Waals surface area contributed by atoms with Crippen molar-refractivity contribution < 1.29 is 21.6 Å². The van der Waals surface area contributed by atoms with Crippen molar-refractivity contribution in [2.24, 2.45) is 0 Å². The van der Waals surface area contributed by atoms with Gasteiger partial charge in [-0.2, -0.15) is 0 Å². The predicted octanol–water partition coefficient (Wildman–Crippen LogP) is 1.20. The molecule has 0 fully saturated rings. The summed E-state index contributed by atoms with van der Waals surface area (Å²) in [6, 6.07) is 7.65. The van der Waals surface area contributed by atoms with Crippen LogP contribution in [0.15, 0.2) is 58.6 Å². The van der Waals surface area contributed by atoms with E-state index in [1.54, 1.807) is 6.92 Å². The van der Waals surface area contributed by atoms with Gasteiger partial charge < -0.3 is 4.74 Å². The minimum atomic E-state index is -3.93. The lowest BCUT2D eigenvalue weighted by atomic mass is 10.4. The molecule has 0 aliphatic carbocycles. The van der Waals surface area contributed by atoms with Crippen molar-refractivity contribution in [2.45, 2.75) is 22.8 Å². The number of pyridine rings is 1. The summed E-state index contributed by atoms with van der Waals surface area (Å²) < 4.78 is 59.3. The van der Waals surface area contributed by atoms with Crippen LogP contribution in [0.2, 0.25) is 0 Å². The molecule has 0 saturated carbocycles. The summed E-state index contributed by atoms with van der Waals surface area (Å²) in [4.78, 5) is 3.50. The van der Waals surface area contributed by atoms with Crippen molar-refractivity contribution in [3.8, 4) is 0 Å². The second-order valence-electron chi connectivity index (χ2n) is 5.29. The van der Waals surface area contributed by atoms with Gasteiger partial charge in [-0.25, -0.2) is 21.6 Å². The quantitative estimate of drug-likeness (QED) is 0.706. The van der Waals surface area contributed by atoms with E-state index in [9.17, 15) is 16.8 Å². The van der Waals surface area contributed by atoms with E-state index in [1.165, 1.54) is 49.8 Å². The molecule has 136 valence electrons. The smallest absolute Gasteiger partial charge is 0.261 e. The minimum absolute atomic E-state index is 0.145. The van der Waals surface area contributed by atoms with Crippen LogP contribution in [-0.2, 0) is 24.8 Å². The summed E-state index contributed by atoms with van der Waals surface area (Å²) in [5, 5.41) is 0. The summed E-state index contributed by atoms with van der Waals surface area (Å²) in [7, 11) is -6.34. The van der Waals surface area contributed by atoms with Crippen LogP contribution in [0.25, 0.3) is 0 Å². The number of hydrogen-bond acceptors (Lipinski definition) is 6. The molecule has 1 aromatic carbocycles.